The van der Waals surface area contributed by atoms with E-state index in [-0.39, 0.29) is 0 Å². The summed E-state index contributed by atoms with van der Waals surface area (Å²) in [7, 11) is 0. The lowest BCUT2D eigenvalue weighted by Gasteiger charge is -2.18. The minimum absolute atomic E-state index is 0.506. The SMILES string of the molecule is CCCc1cc(CCl)cc(OCCN(CC)CC)n1. The Kier molecular flexibility index (Phi) is 7.84. The molecule has 0 amide bonds. The molecule has 0 aliphatic heterocycles. The van der Waals surface area contributed by atoms with Crippen LogP contribution in [0, 0.1) is 0 Å². The van der Waals surface area contributed by atoms with Crippen molar-refractivity contribution in [1.29, 1.82) is 0 Å². The zero-order valence-corrected chi connectivity index (χ0v) is 13.0. The Bertz CT molecular complexity index is 367. The summed E-state index contributed by atoms with van der Waals surface area (Å²) in [6.45, 7) is 10.2. The lowest BCUT2D eigenvalue weighted by Crippen LogP contribution is -2.28. The molecule has 0 spiro atoms. The number of ether oxygens (including phenoxy) is 1. The number of aryl methyl sites for hydroxylation is 1. The van der Waals surface area contributed by atoms with E-state index in [1.54, 1.807) is 0 Å². The zero-order chi connectivity index (χ0) is 14.1. The van der Waals surface area contributed by atoms with Crippen molar-refractivity contribution in [1.82, 2.24) is 9.88 Å². The van der Waals surface area contributed by atoms with Crippen LogP contribution in [0.25, 0.3) is 0 Å². The number of halogens is 1. The van der Waals surface area contributed by atoms with Crippen molar-refractivity contribution in [3.05, 3.63) is 23.4 Å². The normalized spacial score (nSPS) is 11.0. The predicted molar refractivity (Wildman–Crippen MR) is 81.1 cm³/mol. The maximum Gasteiger partial charge on any atom is 0.213 e. The number of nitrogens with zero attached hydrogens (tertiary/aromatic N) is 2. The highest BCUT2D eigenvalue weighted by Gasteiger charge is 2.04. The summed E-state index contributed by atoms with van der Waals surface area (Å²) in [5.41, 5.74) is 2.15. The van der Waals surface area contributed by atoms with Crippen molar-refractivity contribution in [2.45, 2.75) is 39.5 Å². The van der Waals surface area contributed by atoms with Crippen LogP contribution in [0.1, 0.15) is 38.4 Å². The molecule has 0 saturated heterocycles. The quantitative estimate of drug-likeness (QED) is 0.649. The highest BCUT2D eigenvalue weighted by molar-refractivity contribution is 6.17. The fourth-order valence-electron chi connectivity index (χ4n) is 1.97. The molecule has 0 radical (unpaired) electrons. The molecule has 0 unspecified atom stereocenters. The third kappa shape index (κ3) is 5.79. The molecule has 0 aliphatic rings. The molecule has 0 aliphatic carbocycles. The average molecular weight is 285 g/mol. The summed E-state index contributed by atoms with van der Waals surface area (Å²) in [6, 6.07) is 4.00. The first kappa shape index (κ1) is 16.3. The van der Waals surface area contributed by atoms with Crippen molar-refractivity contribution in [3.63, 3.8) is 0 Å². The summed E-state index contributed by atoms with van der Waals surface area (Å²) in [4.78, 5) is 6.85. The van der Waals surface area contributed by atoms with Gasteiger partial charge in [-0.25, -0.2) is 4.98 Å². The molecule has 1 aromatic rings. The molecule has 1 heterocycles. The van der Waals surface area contributed by atoms with E-state index in [4.69, 9.17) is 16.3 Å². The highest BCUT2D eigenvalue weighted by Crippen LogP contribution is 2.15. The van der Waals surface area contributed by atoms with Crippen molar-refractivity contribution in [2.75, 3.05) is 26.2 Å². The van der Waals surface area contributed by atoms with Crippen LogP contribution in [0.5, 0.6) is 5.88 Å². The number of alkyl halides is 1. The molecule has 108 valence electrons. The van der Waals surface area contributed by atoms with Gasteiger partial charge in [0.05, 0.1) is 0 Å². The van der Waals surface area contributed by atoms with Crippen LogP contribution in [-0.4, -0.2) is 36.1 Å². The van der Waals surface area contributed by atoms with Crippen LogP contribution in [0.15, 0.2) is 12.1 Å². The van der Waals surface area contributed by atoms with Crippen molar-refractivity contribution >= 4 is 11.6 Å². The average Bonchev–Trinajstić information content (AvgIpc) is 2.43. The van der Waals surface area contributed by atoms with Gasteiger partial charge in [0.2, 0.25) is 5.88 Å². The van der Waals surface area contributed by atoms with Gasteiger partial charge < -0.3 is 9.64 Å². The summed E-state index contributed by atoms with van der Waals surface area (Å²) >= 11 is 5.91. The van der Waals surface area contributed by atoms with E-state index in [2.05, 4.69) is 36.7 Å². The van der Waals surface area contributed by atoms with Gasteiger partial charge in [0.1, 0.15) is 6.61 Å². The van der Waals surface area contributed by atoms with Gasteiger partial charge in [-0.1, -0.05) is 27.2 Å². The van der Waals surface area contributed by atoms with Gasteiger partial charge in [-0.15, -0.1) is 11.6 Å². The standard InChI is InChI=1S/C15H25ClN2O/c1-4-7-14-10-13(12-16)11-15(17-14)19-9-8-18(5-2)6-3/h10-11H,4-9,12H2,1-3H3. The lowest BCUT2D eigenvalue weighted by atomic mass is 10.2. The molecular weight excluding hydrogens is 260 g/mol. The minimum Gasteiger partial charge on any atom is -0.476 e. The Hall–Kier alpha value is -0.800. The van der Waals surface area contributed by atoms with Crippen LogP contribution in [-0.2, 0) is 12.3 Å². The molecule has 0 atom stereocenters. The van der Waals surface area contributed by atoms with Gasteiger partial charge in [0.25, 0.3) is 0 Å². The smallest absolute Gasteiger partial charge is 0.213 e. The second kappa shape index (κ2) is 9.16. The number of pyridine rings is 1. The largest absolute Gasteiger partial charge is 0.476 e. The second-order valence-corrected chi connectivity index (χ2v) is 4.83. The van der Waals surface area contributed by atoms with Crippen LogP contribution < -0.4 is 4.74 Å². The monoisotopic (exact) mass is 284 g/mol. The third-order valence-corrected chi connectivity index (χ3v) is 3.44. The molecule has 0 aromatic carbocycles. The van der Waals surface area contributed by atoms with Crippen LogP contribution in [0.2, 0.25) is 0 Å². The van der Waals surface area contributed by atoms with Crippen LogP contribution in [0.3, 0.4) is 0 Å². The molecule has 1 aromatic heterocycles. The Morgan fingerprint density at radius 1 is 1.21 bits per heavy atom. The van der Waals surface area contributed by atoms with E-state index in [1.165, 1.54) is 0 Å². The van der Waals surface area contributed by atoms with E-state index < -0.39 is 0 Å². The predicted octanol–water partition coefficient (Wildman–Crippen LogP) is 3.49. The number of rotatable bonds is 9. The first-order chi connectivity index (χ1) is 9.23. The molecule has 19 heavy (non-hydrogen) atoms. The molecule has 4 heteroatoms. The fraction of sp³-hybridized carbons (Fsp3) is 0.667. The van der Waals surface area contributed by atoms with Gasteiger partial charge in [0, 0.05) is 24.2 Å². The first-order valence-corrected chi connectivity index (χ1v) is 7.67. The number of aromatic nitrogens is 1. The zero-order valence-electron chi connectivity index (χ0n) is 12.3. The topological polar surface area (TPSA) is 25.4 Å². The van der Waals surface area contributed by atoms with Crippen molar-refractivity contribution in [3.8, 4) is 5.88 Å². The molecule has 1 rings (SSSR count). The molecule has 0 saturated carbocycles. The van der Waals surface area contributed by atoms with E-state index in [9.17, 15) is 0 Å². The summed E-state index contributed by atoms with van der Waals surface area (Å²) in [5.74, 6) is 1.21. The first-order valence-electron chi connectivity index (χ1n) is 7.14. The second-order valence-electron chi connectivity index (χ2n) is 4.56. The van der Waals surface area contributed by atoms with Gasteiger partial charge >= 0.3 is 0 Å². The van der Waals surface area contributed by atoms with Gasteiger partial charge in [-0.05, 0) is 31.1 Å². The Labute approximate surface area is 121 Å². The summed E-state index contributed by atoms with van der Waals surface area (Å²) in [6.07, 6.45) is 2.05. The Morgan fingerprint density at radius 2 is 1.95 bits per heavy atom. The van der Waals surface area contributed by atoms with E-state index >= 15 is 0 Å². The third-order valence-electron chi connectivity index (χ3n) is 3.13. The van der Waals surface area contributed by atoms with E-state index in [0.29, 0.717) is 18.4 Å². The van der Waals surface area contributed by atoms with E-state index in [0.717, 1.165) is 43.7 Å². The van der Waals surface area contributed by atoms with Gasteiger partial charge in [-0.2, -0.15) is 0 Å². The van der Waals surface area contributed by atoms with Crippen LogP contribution in [0.4, 0.5) is 0 Å². The molecule has 0 N–H and O–H groups in total. The Morgan fingerprint density at radius 3 is 2.53 bits per heavy atom. The number of hydrogen-bond acceptors (Lipinski definition) is 3. The van der Waals surface area contributed by atoms with Gasteiger partial charge in [-0.3, -0.25) is 0 Å². The van der Waals surface area contributed by atoms with Crippen molar-refractivity contribution < 1.29 is 4.74 Å². The number of hydrogen-bond donors (Lipinski definition) is 0. The minimum atomic E-state index is 0.506. The fourth-order valence-corrected chi connectivity index (χ4v) is 2.13. The van der Waals surface area contributed by atoms with Crippen LogP contribution >= 0.6 is 11.6 Å². The van der Waals surface area contributed by atoms with E-state index in [1.807, 2.05) is 6.07 Å². The van der Waals surface area contributed by atoms with Crippen molar-refractivity contribution in [2.24, 2.45) is 0 Å². The van der Waals surface area contributed by atoms with Gasteiger partial charge in [0.15, 0.2) is 0 Å². The number of likely N-dealkylation sites (N-methyl/N-ethyl adjacent to an activating group) is 1. The Balaban J connectivity index is 2.58. The lowest BCUT2D eigenvalue weighted by molar-refractivity contribution is 0.217. The summed E-state index contributed by atoms with van der Waals surface area (Å²) in [5, 5.41) is 0. The molecule has 3 nitrogen and oxygen atoms in total. The summed E-state index contributed by atoms with van der Waals surface area (Å²) < 4.78 is 5.76. The molecule has 0 bridgehead atoms. The molecule has 0 fully saturated rings. The maximum absolute atomic E-state index is 5.91. The maximum atomic E-state index is 5.91. The highest BCUT2D eigenvalue weighted by atomic mass is 35.5. The molecular formula is C15H25ClN2O.